The van der Waals surface area contributed by atoms with E-state index in [-0.39, 0.29) is 12.5 Å². The number of benzene rings is 2. The van der Waals surface area contributed by atoms with Crippen molar-refractivity contribution < 1.29 is 14.3 Å². The minimum atomic E-state index is -0.585. The van der Waals surface area contributed by atoms with Gasteiger partial charge >= 0.3 is 6.03 Å². The van der Waals surface area contributed by atoms with Crippen LogP contribution < -0.4 is 15.4 Å². The van der Waals surface area contributed by atoms with Crippen LogP contribution in [0.15, 0.2) is 59.3 Å². The number of imide groups is 1. The molecular weight excluding hydrogens is 400 g/mol. The second-order valence-corrected chi connectivity index (χ2v) is 6.26. The molecular formula is C18H15BrN4O3. The number of fused-ring (bicyclic) bond motifs is 1. The zero-order chi connectivity index (χ0) is 18.4. The molecule has 26 heavy (non-hydrogen) atoms. The minimum absolute atomic E-state index is 0.274. The zero-order valence-corrected chi connectivity index (χ0v) is 15.2. The Morgan fingerprint density at radius 1 is 1.08 bits per heavy atom. The Morgan fingerprint density at radius 2 is 1.88 bits per heavy atom. The van der Waals surface area contributed by atoms with Crippen LogP contribution in [0.3, 0.4) is 0 Å². The van der Waals surface area contributed by atoms with Gasteiger partial charge < -0.3 is 10.1 Å². The third-order valence-corrected chi connectivity index (χ3v) is 3.94. The predicted molar refractivity (Wildman–Crippen MR) is 99.6 cm³/mol. The van der Waals surface area contributed by atoms with Crippen LogP contribution in [-0.2, 0) is 11.3 Å². The highest BCUT2D eigenvalue weighted by atomic mass is 79.9. The average molecular weight is 415 g/mol. The van der Waals surface area contributed by atoms with E-state index in [1.807, 2.05) is 42.5 Å². The Balaban J connectivity index is 1.53. The topological polar surface area (TPSA) is 93.2 Å². The van der Waals surface area contributed by atoms with Gasteiger partial charge in [0, 0.05) is 11.0 Å². The first-order chi connectivity index (χ1) is 12.6. The van der Waals surface area contributed by atoms with Crippen molar-refractivity contribution in [3.63, 3.8) is 0 Å². The van der Waals surface area contributed by atoms with Crippen LogP contribution in [0.1, 0.15) is 5.56 Å². The molecule has 0 unspecified atom stereocenters. The van der Waals surface area contributed by atoms with Crippen molar-refractivity contribution in [2.24, 2.45) is 0 Å². The van der Waals surface area contributed by atoms with E-state index < -0.39 is 11.9 Å². The standard InChI is InChI=1S/C18H15BrN4O3/c19-13-6-7-15-14(8-13)17(22-11-21-15)26-10-16(24)23-18(25)20-9-12-4-2-1-3-5-12/h1-8,11H,9-10H2,(H2,20,23,24,25). The number of amides is 3. The number of rotatable bonds is 5. The molecule has 1 aromatic heterocycles. The lowest BCUT2D eigenvalue weighted by atomic mass is 10.2. The van der Waals surface area contributed by atoms with Gasteiger partial charge in [-0.3, -0.25) is 10.1 Å². The van der Waals surface area contributed by atoms with Crippen LogP contribution in [0.2, 0.25) is 0 Å². The van der Waals surface area contributed by atoms with Crippen LogP contribution >= 0.6 is 15.9 Å². The van der Waals surface area contributed by atoms with Gasteiger partial charge in [-0.2, -0.15) is 0 Å². The van der Waals surface area contributed by atoms with Gasteiger partial charge in [0.05, 0.1) is 10.9 Å². The molecule has 7 nitrogen and oxygen atoms in total. The number of carbonyl (C=O) groups excluding carboxylic acids is 2. The normalized spacial score (nSPS) is 10.3. The SMILES string of the molecule is O=C(COc1ncnc2ccc(Br)cc12)NC(=O)NCc1ccccc1. The summed E-state index contributed by atoms with van der Waals surface area (Å²) in [7, 11) is 0. The highest BCUT2D eigenvalue weighted by Crippen LogP contribution is 2.24. The van der Waals surface area contributed by atoms with Crippen LogP contribution in [0, 0.1) is 0 Å². The van der Waals surface area contributed by atoms with E-state index in [4.69, 9.17) is 4.74 Å². The van der Waals surface area contributed by atoms with Gasteiger partial charge in [0.2, 0.25) is 5.88 Å². The molecule has 1 heterocycles. The highest BCUT2D eigenvalue weighted by Gasteiger charge is 2.11. The molecule has 0 bridgehead atoms. The lowest BCUT2D eigenvalue weighted by Crippen LogP contribution is -2.41. The number of halogens is 1. The molecule has 3 aromatic rings. The smallest absolute Gasteiger partial charge is 0.321 e. The second kappa shape index (κ2) is 8.39. The second-order valence-electron chi connectivity index (χ2n) is 5.35. The maximum absolute atomic E-state index is 11.9. The van der Waals surface area contributed by atoms with Crippen LogP contribution in [0.5, 0.6) is 5.88 Å². The van der Waals surface area contributed by atoms with Gasteiger partial charge in [-0.05, 0) is 23.8 Å². The predicted octanol–water partition coefficient (Wildman–Crippen LogP) is 2.80. The van der Waals surface area contributed by atoms with E-state index in [1.165, 1.54) is 6.33 Å². The summed E-state index contributed by atoms with van der Waals surface area (Å²) in [4.78, 5) is 31.8. The number of aromatic nitrogens is 2. The summed E-state index contributed by atoms with van der Waals surface area (Å²) < 4.78 is 6.28. The first-order valence-corrected chi connectivity index (χ1v) is 8.56. The van der Waals surface area contributed by atoms with Gasteiger partial charge in [0.1, 0.15) is 6.33 Å². The fourth-order valence-electron chi connectivity index (χ4n) is 2.24. The van der Waals surface area contributed by atoms with Crippen molar-refractivity contribution >= 4 is 38.8 Å². The lowest BCUT2D eigenvalue weighted by Gasteiger charge is -2.09. The molecule has 8 heteroatoms. The summed E-state index contributed by atoms with van der Waals surface area (Å²) in [6.07, 6.45) is 1.36. The minimum Gasteiger partial charge on any atom is -0.467 e. The van der Waals surface area contributed by atoms with E-state index in [2.05, 4.69) is 36.5 Å². The number of carbonyl (C=O) groups is 2. The van der Waals surface area contributed by atoms with Crippen LogP contribution in [0.4, 0.5) is 4.79 Å². The molecule has 3 rings (SSSR count). The number of nitrogens with one attached hydrogen (secondary N) is 2. The van der Waals surface area contributed by atoms with Crippen molar-refractivity contribution in [3.8, 4) is 5.88 Å². The van der Waals surface area contributed by atoms with E-state index in [0.717, 1.165) is 10.0 Å². The van der Waals surface area contributed by atoms with Crippen molar-refractivity contribution in [3.05, 3.63) is 64.9 Å². The Kier molecular flexibility index (Phi) is 5.75. The summed E-state index contributed by atoms with van der Waals surface area (Å²) in [5, 5.41) is 5.49. The number of ether oxygens (including phenoxy) is 1. The monoisotopic (exact) mass is 414 g/mol. The number of hydrogen-bond acceptors (Lipinski definition) is 5. The molecule has 0 aliphatic carbocycles. The van der Waals surface area contributed by atoms with Gasteiger partial charge in [0.15, 0.2) is 6.61 Å². The van der Waals surface area contributed by atoms with Crippen LogP contribution in [0.25, 0.3) is 10.9 Å². The third kappa shape index (κ3) is 4.76. The lowest BCUT2D eigenvalue weighted by molar-refractivity contribution is -0.122. The zero-order valence-electron chi connectivity index (χ0n) is 13.6. The van der Waals surface area contributed by atoms with Crippen LogP contribution in [-0.4, -0.2) is 28.5 Å². The number of nitrogens with zero attached hydrogens (tertiary/aromatic N) is 2. The van der Waals surface area contributed by atoms with Crippen molar-refractivity contribution in [2.75, 3.05) is 6.61 Å². The molecule has 0 fully saturated rings. The maximum atomic E-state index is 11.9. The maximum Gasteiger partial charge on any atom is 0.321 e. The molecule has 132 valence electrons. The van der Waals surface area contributed by atoms with Crippen molar-refractivity contribution in [1.82, 2.24) is 20.6 Å². The molecule has 0 saturated carbocycles. The van der Waals surface area contributed by atoms with E-state index >= 15 is 0 Å². The fraction of sp³-hybridized carbons (Fsp3) is 0.111. The molecule has 0 aliphatic heterocycles. The Hall–Kier alpha value is -3.00. The number of urea groups is 1. The summed E-state index contributed by atoms with van der Waals surface area (Å²) in [6.45, 7) is -0.0111. The van der Waals surface area contributed by atoms with Gasteiger partial charge in [-0.1, -0.05) is 46.3 Å². The first-order valence-electron chi connectivity index (χ1n) is 7.76. The number of hydrogen-bond donors (Lipinski definition) is 2. The molecule has 2 aromatic carbocycles. The summed E-state index contributed by atoms with van der Waals surface area (Å²) in [5.74, 6) is -0.298. The Bertz CT molecular complexity index is 934. The molecule has 0 saturated heterocycles. The van der Waals surface area contributed by atoms with Gasteiger partial charge in [0.25, 0.3) is 5.91 Å². The molecule has 2 N–H and O–H groups in total. The Labute approximate surface area is 157 Å². The molecule has 3 amide bonds. The quantitative estimate of drug-likeness (QED) is 0.669. The summed E-state index contributed by atoms with van der Waals surface area (Å²) >= 11 is 3.37. The summed E-state index contributed by atoms with van der Waals surface area (Å²) in [6, 6.07) is 14.3. The fourth-order valence-corrected chi connectivity index (χ4v) is 2.60. The van der Waals surface area contributed by atoms with E-state index in [1.54, 1.807) is 6.07 Å². The molecule has 0 aliphatic rings. The average Bonchev–Trinajstić information content (AvgIpc) is 2.65. The largest absolute Gasteiger partial charge is 0.467 e. The molecule has 0 spiro atoms. The molecule has 0 atom stereocenters. The first kappa shape index (κ1) is 17.8. The van der Waals surface area contributed by atoms with E-state index in [0.29, 0.717) is 17.4 Å². The van der Waals surface area contributed by atoms with Crippen molar-refractivity contribution in [1.29, 1.82) is 0 Å². The summed E-state index contributed by atoms with van der Waals surface area (Å²) in [5.41, 5.74) is 1.63. The third-order valence-electron chi connectivity index (χ3n) is 3.45. The highest BCUT2D eigenvalue weighted by molar-refractivity contribution is 9.10. The van der Waals surface area contributed by atoms with Crippen molar-refractivity contribution in [2.45, 2.75) is 6.54 Å². The molecule has 0 radical (unpaired) electrons. The van der Waals surface area contributed by atoms with E-state index in [9.17, 15) is 9.59 Å². The Morgan fingerprint density at radius 3 is 2.69 bits per heavy atom. The van der Waals surface area contributed by atoms with Gasteiger partial charge in [-0.15, -0.1) is 0 Å². The van der Waals surface area contributed by atoms with Gasteiger partial charge in [-0.25, -0.2) is 14.8 Å².